The van der Waals surface area contributed by atoms with Crippen LogP contribution in [0.4, 0.5) is 23.2 Å². The van der Waals surface area contributed by atoms with Crippen molar-refractivity contribution in [1.29, 1.82) is 0 Å². The lowest BCUT2D eigenvalue weighted by Gasteiger charge is -2.28. The number of rotatable bonds is 3. The molecule has 1 unspecified atom stereocenters. The van der Waals surface area contributed by atoms with Gasteiger partial charge in [-0.1, -0.05) is 20.8 Å². The summed E-state index contributed by atoms with van der Waals surface area (Å²) in [7, 11) is 0. The van der Waals surface area contributed by atoms with E-state index in [0.717, 1.165) is 6.07 Å². The number of anilines is 1. The molecule has 1 atom stereocenters. The Hall–Kier alpha value is -1.79. The number of alkyl halides is 3. The number of carboxylic acids is 1. The average molecular weight is 293 g/mol. The molecule has 0 saturated carbocycles. The van der Waals surface area contributed by atoms with Crippen LogP contribution < -0.4 is 5.32 Å². The maximum Gasteiger partial charge on any atom is 0.419 e. The van der Waals surface area contributed by atoms with Gasteiger partial charge in [-0.15, -0.1) is 0 Å². The second-order valence-electron chi connectivity index (χ2n) is 5.47. The van der Waals surface area contributed by atoms with Gasteiger partial charge in [-0.2, -0.15) is 13.2 Å². The second-order valence-corrected chi connectivity index (χ2v) is 5.47. The van der Waals surface area contributed by atoms with Gasteiger partial charge in [-0.05, 0) is 23.6 Å². The van der Waals surface area contributed by atoms with Gasteiger partial charge in [0.1, 0.15) is 11.9 Å². The predicted octanol–water partition coefficient (Wildman–Crippen LogP) is 3.76. The number of benzene rings is 1. The number of hydrogen-bond donors (Lipinski definition) is 2. The maximum absolute atomic E-state index is 13.1. The van der Waals surface area contributed by atoms with Gasteiger partial charge >= 0.3 is 12.1 Å². The Kier molecular flexibility index (Phi) is 4.31. The molecule has 0 spiro atoms. The molecule has 0 fully saturated rings. The van der Waals surface area contributed by atoms with Gasteiger partial charge in [0.2, 0.25) is 0 Å². The van der Waals surface area contributed by atoms with Crippen LogP contribution in [0.2, 0.25) is 0 Å². The topological polar surface area (TPSA) is 49.3 Å². The van der Waals surface area contributed by atoms with E-state index in [2.05, 4.69) is 5.32 Å². The molecule has 0 aliphatic heterocycles. The molecule has 1 rings (SSSR count). The highest BCUT2D eigenvalue weighted by Crippen LogP contribution is 2.33. The molecule has 0 aliphatic rings. The van der Waals surface area contributed by atoms with Gasteiger partial charge in [-0.25, -0.2) is 9.18 Å². The highest BCUT2D eigenvalue weighted by atomic mass is 19.4. The Bertz CT molecular complexity index is 506. The number of carboxylic acid groups (broad SMARTS) is 1. The molecule has 0 aromatic heterocycles. The fourth-order valence-corrected chi connectivity index (χ4v) is 1.65. The quantitative estimate of drug-likeness (QED) is 0.834. The fraction of sp³-hybridized carbons (Fsp3) is 0.462. The van der Waals surface area contributed by atoms with Crippen molar-refractivity contribution in [2.75, 3.05) is 5.32 Å². The van der Waals surface area contributed by atoms with Gasteiger partial charge in [-0.3, -0.25) is 0 Å². The Morgan fingerprint density at radius 2 is 1.80 bits per heavy atom. The first-order chi connectivity index (χ1) is 8.93. The zero-order chi connectivity index (χ0) is 15.7. The van der Waals surface area contributed by atoms with E-state index >= 15 is 0 Å². The van der Waals surface area contributed by atoms with Crippen molar-refractivity contribution in [2.45, 2.75) is 33.0 Å². The van der Waals surface area contributed by atoms with Crippen LogP contribution in [0.5, 0.6) is 0 Å². The summed E-state index contributed by atoms with van der Waals surface area (Å²) in [6, 6.07) is 1.20. The predicted molar refractivity (Wildman–Crippen MR) is 65.9 cm³/mol. The lowest BCUT2D eigenvalue weighted by molar-refractivity contribution is -0.140. The normalized spacial score (nSPS) is 13.9. The molecular weight excluding hydrogens is 278 g/mol. The van der Waals surface area contributed by atoms with Gasteiger partial charge in [0.05, 0.1) is 5.56 Å². The van der Waals surface area contributed by atoms with Crippen LogP contribution in [-0.4, -0.2) is 17.1 Å². The molecule has 1 aromatic rings. The molecule has 0 aliphatic carbocycles. The third-order valence-electron chi connectivity index (χ3n) is 2.70. The SMILES string of the molecule is CC(C)(C)C(Nc1ccc(F)c(C(F)(F)F)c1)C(=O)O. The number of aliphatic carboxylic acids is 1. The van der Waals surface area contributed by atoms with E-state index in [1.807, 2.05) is 0 Å². The minimum absolute atomic E-state index is 0.0962. The lowest BCUT2D eigenvalue weighted by Crippen LogP contribution is -2.41. The van der Waals surface area contributed by atoms with Crippen LogP contribution in [0.15, 0.2) is 18.2 Å². The monoisotopic (exact) mass is 293 g/mol. The Balaban J connectivity index is 3.13. The molecule has 0 amide bonds. The van der Waals surface area contributed by atoms with Gasteiger partial charge in [0.25, 0.3) is 0 Å². The van der Waals surface area contributed by atoms with E-state index in [-0.39, 0.29) is 5.69 Å². The minimum Gasteiger partial charge on any atom is -0.480 e. The molecule has 2 N–H and O–H groups in total. The van der Waals surface area contributed by atoms with Crippen LogP contribution >= 0.6 is 0 Å². The van der Waals surface area contributed by atoms with Gasteiger partial charge in [0.15, 0.2) is 0 Å². The summed E-state index contributed by atoms with van der Waals surface area (Å²) in [6.07, 6.45) is -4.83. The van der Waals surface area contributed by atoms with Crippen LogP contribution in [-0.2, 0) is 11.0 Å². The van der Waals surface area contributed by atoms with Gasteiger partial charge < -0.3 is 10.4 Å². The van der Waals surface area contributed by atoms with Crippen molar-refractivity contribution in [3.63, 3.8) is 0 Å². The van der Waals surface area contributed by atoms with Crippen molar-refractivity contribution >= 4 is 11.7 Å². The summed E-state index contributed by atoms with van der Waals surface area (Å²) in [5.74, 6) is -2.60. The highest BCUT2D eigenvalue weighted by Gasteiger charge is 2.35. The lowest BCUT2D eigenvalue weighted by atomic mass is 9.86. The summed E-state index contributed by atoms with van der Waals surface area (Å²) < 4.78 is 50.9. The van der Waals surface area contributed by atoms with E-state index in [1.165, 1.54) is 0 Å². The van der Waals surface area contributed by atoms with E-state index in [1.54, 1.807) is 20.8 Å². The zero-order valence-electron chi connectivity index (χ0n) is 11.2. The maximum atomic E-state index is 13.1. The third-order valence-corrected chi connectivity index (χ3v) is 2.70. The Morgan fingerprint density at radius 1 is 1.25 bits per heavy atom. The second kappa shape index (κ2) is 5.30. The van der Waals surface area contributed by atoms with Crippen LogP contribution in [0.1, 0.15) is 26.3 Å². The molecule has 0 radical (unpaired) electrons. The largest absolute Gasteiger partial charge is 0.480 e. The van der Waals surface area contributed by atoms with E-state index < -0.39 is 35.0 Å². The van der Waals surface area contributed by atoms with Crippen molar-refractivity contribution in [1.82, 2.24) is 0 Å². The van der Waals surface area contributed by atoms with Crippen LogP contribution in [0, 0.1) is 11.2 Å². The molecule has 0 bridgehead atoms. The first-order valence-corrected chi connectivity index (χ1v) is 5.79. The number of hydrogen-bond acceptors (Lipinski definition) is 2. The number of halogens is 4. The summed E-state index contributed by atoms with van der Waals surface area (Å²) in [5.41, 5.74) is -2.25. The van der Waals surface area contributed by atoms with Crippen molar-refractivity contribution in [3.8, 4) is 0 Å². The Morgan fingerprint density at radius 3 is 2.20 bits per heavy atom. The minimum atomic E-state index is -4.83. The first-order valence-electron chi connectivity index (χ1n) is 5.79. The smallest absolute Gasteiger partial charge is 0.419 e. The standard InChI is InChI=1S/C13H15F4NO2/c1-12(2,3)10(11(19)20)18-7-4-5-9(14)8(6-7)13(15,16)17/h4-6,10,18H,1-3H3,(H,19,20). The average Bonchev–Trinajstić information content (AvgIpc) is 2.24. The molecule has 3 nitrogen and oxygen atoms in total. The zero-order valence-corrected chi connectivity index (χ0v) is 11.2. The van der Waals surface area contributed by atoms with E-state index in [4.69, 9.17) is 5.11 Å². The molecule has 20 heavy (non-hydrogen) atoms. The van der Waals surface area contributed by atoms with Crippen LogP contribution in [0.3, 0.4) is 0 Å². The molecule has 0 saturated heterocycles. The van der Waals surface area contributed by atoms with Crippen molar-refractivity contribution < 1.29 is 27.5 Å². The fourth-order valence-electron chi connectivity index (χ4n) is 1.65. The van der Waals surface area contributed by atoms with E-state index in [9.17, 15) is 22.4 Å². The summed E-state index contributed by atoms with van der Waals surface area (Å²) in [5, 5.41) is 11.6. The van der Waals surface area contributed by atoms with Crippen molar-refractivity contribution in [2.24, 2.45) is 5.41 Å². The molecule has 0 heterocycles. The molecular formula is C13H15F4NO2. The summed E-state index contributed by atoms with van der Waals surface area (Å²) in [4.78, 5) is 11.1. The number of nitrogens with one attached hydrogen (secondary N) is 1. The van der Waals surface area contributed by atoms with E-state index in [0.29, 0.717) is 12.1 Å². The summed E-state index contributed by atoms with van der Waals surface area (Å²) in [6.45, 7) is 4.90. The molecule has 112 valence electrons. The van der Waals surface area contributed by atoms with Crippen molar-refractivity contribution in [3.05, 3.63) is 29.6 Å². The highest BCUT2D eigenvalue weighted by molar-refractivity contribution is 5.78. The Labute approximate surface area is 113 Å². The molecule has 1 aromatic carbocycles. The first kappa shape index (κ1) is 16.3. The number of carbonyl (C=O) groups is 1. The van der Waals surface area contributed by atoms with Gasteiger partial charge in [0, 0.05) is 5.69 Å². The van der Waals surface area contributed by atoms with Crippen LogP contribution in [0.25, 0.3) is 0 Å². The summed E-state index contributed by atoms with van der Waals surface area (Å²) >= 11 is 0. The molecule has 7 heteroatoms. The third kappa shape index (κ3) is 3.85.